The molecule has 0 unspecified atom stereocenters. The molecule has 1 amide bonds. The van der Waals surface area contributed by atoms with Gasteiger partial charge in [-0.3, -0.25) is 9.78 Å². The lowest BCUT2D eigenvalue weighted by Gasteiger charge is -2.11. The summed E-state index contributed by atoms with van der Waals surface area (Å²) in [5.41, 5.74) is 2.47. The minimum Gasteiger partial charge on any atom is -0.385 e. The molecule has 0 aliphatic carbocycles. The summed E-state index contributed by atoms with van der Waals surface area (Å²) in [4.78, 5) is 25.1. The second kappa shape index (κ2) is 6.30. The molecule has 0 saturated carbocycles. The standard InChI is InChI=1S/C15H19N5O/c1-9(2)14-18-8-12(16-4)13(20-14)15(21)19-11-5-6-17-10(3)7-11/h5-9,16H,1-4H3,(H,17,19,21). The minimum absolute atomic E-state index is 0.158. The van der Waals surface area contributed by atoms with E-state index in [1.165, 1.54) is 0 Å². The van der Waals surface area contributed by atoms with Crippen molar-refractivity contribution >= 4 is 17.3 Å². The summed E-state index contributed by atoms with van der Waals surface area (Å²) in [5.74, 6) is 0.532. The third kappa shape index (κ3) is 3.53. The molecule has 0 aromatic carbocycles. The number of nitrogens with one attached hydrogen (secondary N) is 2. The van der Waals surface area contributed by atoms with E-state index in [2.05, 4.69) is 25.6 Å². The Labute approximate surface area is 124 Å². The van der Waals surface area contributed by atoms with Gasteiger partial charge in [0.25, 0.3) is 5.91 Å². The van der Waals surface area contributed by atoms with Crippen LogP contribution in [0.2, 0.25) is 0 Å². The van der Waals surface area contributed by atoms with E-state index in [0.29, 0.717) is 22.9 Å². The highest BCUT2D eigenvalue weighted by atomic mass is 16.1. The van der Waals surface area contributed by atoms with E-state index in [0.717, 1.165) is 5.69 Å². The first-order chi connectivity index (χ1) is 10.0. The van der Waals surface area contributed by atoms with Gasteiger partial charge in [0.2, 0.25) is 0 Å². The molecule has 0 atom stereocenters. The van der Waals surface area contributed by atoms with Crippen LogP contribution in [-0.4, -0.2) is 27.9 Å². The summed E-state index contributed by atoms with van der Waals surface area (Å²) in [5, 5.41) is 5.77. The Morgan fingerprint density at radius 2 is 2.05 bits per heavy atom. The van der Waals surface area contributed by atoms with Crippen molar-refractivity contribution in [2.75, 3.05) is 17.7 Å². The van der Waals surface area contributed by atoms with Gasteiger partial charge in [0.05, 0.1) is 11.9 Å². The van der Waals surface area contributed by atoms with Crippen LogP contribution in [0.1, 0.15) is 41.8 Å². The van der Waals surface area contributed by atoms with E-state index < -0.39 is 0 Å². The van der Waals surface area contributed by atoms with Crippen LogP contribution in [0, 0.1) is 6.92 Å². The summed E-state index contributed by atoms with van der Waals surface area (Å²) in [7, 11) is 1.74. The van der Waals surface area contributed by atoms with Crippen LogP contribution in [-0.2, 0) is 0 Å². The van der Waals surface area contributed by atoms with Gasteiger partial charge in [-0.25, -0.2) is 9.97 Å². The quantitative estimate of drug-likeness (QED) is 0.902. The van der Waals surface area contributed by atoms with E-state index >= 15 is 0 Å². The second-order valence-electron chi connectivity index (χ2n) is 5.04. The molecule has 0 fully saturated rings. The van der Waals surface area contributed by atoms with E-state index in [4.69, 9.17) is 0 Å². The third-order valence-electron chi connectivity index (χ3n) is 2.96. The van der Waals surface area contributed by atoms with Crippen molar-refractivity contribution in [3.8, 4) is 0 Å². The van der Waals surface area contributed by atoms with Crippen molar-refractivity contribution < 1.29 is 4.79 Å². The maximum atomic E-state index is 12.4. The lowest BCUT2D eigenvalue weighted by molar-refractivity contribution is 0.102. The van der Waals surface area contributed by atoms with Crippen LogP contribution in [0.5, 0.6) is 0 Å². The van der Waals surface area contributed by atoms with Crippen molar-refractivity contribution in [2.45, 2.75) is 26.7 Å². The Hall–Kier alpha value is -2.50. The van der Waals surface area contributed by atoms with E-state index in [9.17, 15) is 4.79 Å². The molecule has 6 heteroatoms. The molecule has 0 spiro atoms. The molecule has 21 heavy (non-hydrogen) atoms. The first-order valence-electron chi connectivity index (χ1n) is 6.80. The van der Waals surface area contributed by atoms with Crippen LogP contribution >= 0.6 is 0 Å². The number of nitrogens with zero attached hydrogens (tertiary/aromatic N) is 3. The van der Waals surface area contributed by atoms with Gasteiger partial charge >= 0.3 is 0 Å². The maximum Gasteiger partial charge on any atom is 0.276 e. The molecule has 0 radical (unpaired) electrons. The molecule has 0 bridgehead atoms. The van der Waals surface area contributed by atoms with E-state index in [1.807, 2.05) is 26.8 Å². The predicted molar refractivity (Wildman–Crippen MR) is 82.6 cm³/mol. The minimum atomic E-state index is -0.269. The molecule has 2 aromatic rings. The van der Waals surface area contributed by atoms with Crippen molar-refractivity contribution in [2.24, 2.45) is 0 Å². The fourth-order valence-corrected chi connectivity index (χ4v) is 1.84. The number of aromatic nitrogens is 3. The number of anilines is 2. The highest BCUT2D eigenvalue weighted by molar-refractivity contribution is 6.06. The number of carbonyl (C=O) groups is 1. The highest BCUT2D eigenvalue weighted by Crippen LogP contribution is 2.17. The van der Waals surface area contributed by atoms with Gasteiger partial charge in [0.1, 0.15) is 5.82 Å². The van der Waals surface area contributed by atoms with Gasteiger partial charge in [-0.2, -0.15) is 0 Å². The fourth-order valence-electron chi connectivity index (χ4n) is 1.84. The molecule has 2 N–H and O–H groups in total. The average Bonchev–Trinajstić information content (AvgIpc) is 2.46. The van der Waals surface area contributed by atoms with Crippen molar-refractivity contribution in [1.29, 1.82) is 0 Å². The van der Waals surface area contributed by atoms with Crippen LogP contribution < -0.4 is 10.6 Å². The maximum absolute atomic E-state index is 12.4. The number of hydrogen-bond donors (Lipinski definition) is 2. The Kier molecular flexibility index (Phi) is 4.47. The first-order valence-corrected chi connectivity index (χ1v) is 6.80. The molecule has 110 valence electrons. The van der Waals surface area contributed by atoms with Gasteiger partial charge in [0, 0.05) is 30.5 Å². The predicted octanol–water partition coefficient (Wildman–Crippen LogP) is 2.60. The van der Waals surface area contributed by atoms with Gasteiger partial charge in [0.15, 0.2) is 5.69 Å². The average molecular weight is 285 g/mol. The molecule has 6 nitrogen and oxygen atoms in total. The van der Waals surface area contributed by atoms with E-state index in [-0.39, 0.29) is 11.8 Å². The summed E-state index contributed by atoms with van der Waals surface area (Å²) >= 11 is 0. The lowest BCUT2D eigenvalue weighted by Crippen LogP contribution is -2.18. The Morgan fingerprint density at radius 3 is 2.67 bits per heavy atom. The molecule has 0 aliphatic heterocycles. The van der Waals surface area contributed by atoms with Gasteiger partial charge in [-0.15, -0.1) is 0 Å². The lowest BCUT2D eigenvalue weighted by atomic mass is 10.2. The Balaban J connectivity index is 2.31. The monoisotopic (exact) mass is 285 g/mol. The van der Waals surface area contributed by atoms with Crippen molar-refractivity contribution in [3.05, 3.63) is 41.7 Å². The SMILES string of the molecule is CNc1cnc(C(C)C)nc1C(=O)Nc1ccnc(C)c1. The second-order valence-corrected chi connectivity index (χ2v) is 5.04. The summed E-state index contributed by atoms with van der Waals surface area (Å²) < 4.78 is 0. The third-order valence-corrected chi connectivity index (χ3v) is 2.96. The van der Waals surface area contributed by atoms with Crippen molar-refractivity contribution in [3.63, 3.8) is 0 Å². The number of aryl methyl sites for hydroxylation is 1. The number of rotatable bonds is 4. The molecule has 0 saturated heterocycles. The van der Waals surface area contributed by atoms with Crippen molar-refractivity contribution in [1.82, 2.24) is 15.0 Å². The zero-order valence-corrected chi connectivity index (χ0v) is 12.6. The summed E-state index contributed by atoms with van der Waals surface area (Å²) in [6.07, 6.45) is 3.29. The number of hydrogen-bond acceptors (Lipinski definition) is 5. The molecule has 2 rings (SSSR count). The smallest absolute Gasteiger partial charge is 0.276 e. The van der Waals surface area contributed by atoms with Gasteiger partial charge < -0.3 is 10.6 Å². The topological polar surface area (TPSA) is 79.8 Å². The molecule has 0 aliphatic rings. The summed E-state index contributed by atoms with van der Waals surface area (Å²) in [6.45, 7) is 5.85. The van der Waals surface area contributed by atoms with Gasteiger partial charge in [-0.05, 0) is 19.1 Å². The highest BCUT2D eigenvalue weighted by Gasteiger charge is 2.16. The Bertz CT molecular complexity index is 654. The zero-order valence-electron chi connectivity index (χ0n) is 12.6. The fraction of sp³-hybridized carbons (Fsp3) is 0.333. The van der Waals surface area contributed by atoms with Crippen LogP contribution in [0.25, 0.3) is 0 Å². The van der Waals surface area contributed by atoms with Gasteiger partial charge in [-0.1, -0.05) is 13.8 Å². The number of amides is 1. The molecular weight excluding hydrogens is 266 g/mol. The first kappa shape index (κ1) is 14.9. The molecule has 2 aromatic heterocycles. The van der Waals surface area contributed by atoms with E-state index in [1.54, 1.807) is 25.5 Å². The van der Waals surface area contributed by atoms with Crippen LogP contribution in [0.4, 0.5) is 11.4 Å². The number of carbonyl (C=O) groups excluding carboxylic acids is 1. The summed E-state index contributed by atoms with van der Waals surface area (Å²) in [6, 6.07) is 3.55. The molecular formula is C15H19N5O. The van der Waals surface area contributed by atoms with Crippen LogP contribution in [0.15, 0.2) is 24.5 Å². The number of pyridine rings is 1. The molecule has 2 heterocycles. The Morgan fingerprint density at radius 1 is 1.29 bits per heavy atom. The normalized spacial score (nSPS) is 10.5. The largest absolute Gasteiger partial charge is 0.385 e. The zero-order chi connectivity index (χ0) is 15.4. The van der Waals surface area contributed by atoms with Crippen LogP contribution in [0.3, 0.4) is 0 Å².